The van der Waals surface area contributed by atoms with E-state index in [1.54, 1.807) is 18.7 Å². The monoisotopic (exact) mass is 246 g/mol. The van der Waals surface area contributed by atoms with E-state index in [9.17, 15) is 9.90 Å². The van der Waals surface area contributed by atoms with Gasteiger partial charge in [-0.15, -0.1) is 0 Å². The van der Waals surface area contributed by atoms with Crippen molar-refractivity contribution in [1.29, 1.82) is 0 Å². The number of furan rings is 1. The minimum atomic E-state index is -0.768. The SMILES string of the molecule is O=C(O)C1CNCCC1c1cncc2ccoc12. The van der Waals surface area contributed by atoms with Crippen molar-refractivity contribution in [3.05, 3.63) is 30.3 Å². The predicted molar refractivity (Wildman–Crippen MR) is 65.4 cm³/mol. The third kappa shape index (κ3) is 1.76. The molecule has 0 spiro atoms. The summed E-state index contributed by atoms with van der Waals surface area (Å²) < 4.78 is 5.48. The molecule has 2 aromatic heterocycles. The van der Waals surface area contributed by atoms with Crippen molar-refractivity contribution in [2.75, 3.05) is 13.1 Å². The molecule has 2 aromatic rings. The Morgan fingerprint density at radius 2 is 2.39 bits per heavy atom. The topological polar surface area (TPSA) is 75.4 Å². The minimum absolute atomic E-state index is 0.0360. The highest BCUT2D eigenvalue weighted by atomic mass is 16.4. The van der Waals surface area contributed by atoms with Gasteiger partial charge in [-0.05, 0) is 19.0 Å². The molecule has 1 aliphatic heterocycles. The maximum Gasteiger partial charge on any atom is 0.308 e. The highest BCUT2D eigenvalue weighted by Gasteiger charge is 2.33. The normalized spacial score (nSPS) is 24.2. The summed E-state index contributed by atoms with van der Waals surface area (Å²) in [5, 5.41) is 13.4. The van der Waals surface area contributed by atoms with E-state index in [1.165, 1.54) is 0 Å². The second-order valence-electron chi connectivity index (χ2n) is 4.61. The number of nitrogens with one attached hydrogen (secondary N) is 1. The van der Waals surface area contributed by atoms with Crippen LogP contribution >= 0.6 is 0 Å². The van der Waals surface area contributed by atoms with Crippen LogP contribution in [0.25, 0.3) is 11.0 Å². The maximum absolute atomic E-state index is 11.3. The summed E-state index contributed by atoms with van der Waals surface area (Å²) in [6.07, 6.45) is 5.88. The number of carbonyl (C=O) groups is 1. The van der Waals surface area contributed by atoms with Crippen molar-refractivity contribution in [1.82, 2.24) is 10.3 Å². The summed E-state index contributed by atoms with van der Waals surface area (Å²) in [5.41, 5.74) is 1.68. The van der Waals surface area contributed by atoms with Gasteiger partial charge in [-0.2, -0.15) is 0 Å². The van der Waals surface area contributed by atoms with Crippen LogP contribution in [0, 0.1) is 5.92 Å². The molecule has 0 aromatic carbocycles. The van der Waals surface area contributed by atoms with Crippen LogP contribution in [0.1, 0.15) is 17.9 Å². The Balaban J connectivity index is 2.06. The third-order valence-corrected chi connectivity index (χ3v) is 3.58. The van der Waals surface area contributed by atoms with Crippen LogP contribution < -0.4 is 5.32 Å². The highest BCUT2D eigenvalue weighted by molar-refractivity contribution is 5.81. The summed E-state index contributed by atoms with van der Waals surface area (Å²) in [7, 11) is 0. The van der Waals surface area contributed by atoms with E-state index in [4.69, 9.17) is 4.42 Å². The number of nitrogens with zero attached hydrogens (tertiary/aromatic N) is 1. The van der Waals surface area contributed by atoms with Gasteiger partial charge in [-0.1, -0.05) is 0 Å². The molecule has 3 rings (SSSR count). The molecule has 3 heterocycles. The van der Waals surface area contributed by atoms with Crippen LogP contribution in [-0.4, -0.2) is 29.1 Å². The fourth-order valence-electron chi connectivity index (χ4n) is 2.67. The van der Waals surface area contributed by atoms with Gasteiger partial charge in [0.15, 0.2) is 0 Å². The molecule has 5 nitrogen and oxygen atoms in total. The zero-order valence-electron chi connectivity index (χ0n) is 9.80. The van der Waals surface area contributed by atoms with Gasteiger partial charge in [-0.3, -0.25) is 9.78 Å². The lowest BCUT2D eigenvalue weighted by Gasteiger charge is -2.29. The zero-order valence-corrected chi connectivity index (χ0v) is 9.80. The number of aliphatic carboxylic acids is 1. The van der Waals surface area contributed by atoms with E-state index in [-0.39, 0.29) is 5.92 Å². The number of pyridine rings is 1. The lowest BCUT2D eigenvalue weighted by molar-refractivity contribution is -0.142. The van der Waals surface area contributed by atoms with Gasteiger partial charge in [0.2, 0.25) is 0 Å². The summed E-state index contributed by atoms with van der Waals surface area (Å²) in [5.74, 6) is -1.22. The average Bonchev–Trinajstić information content (AvgIpc) is 2.86. The Hall–Kier alpha value is -1.88. The van der Waals surface area contributed by atoms with Gasteiger partial charge in [0, 0.05) is 35.8 Å². The van der Waals surface area contributed by atoms with Crippen LogP contribution in [0.5, 0.6) is 0 Å². The first kappa shape index (κ1) is 11.2. The van der Waals surface area contributed by atoms with E-state index in [0.717, 1.165) is 29.5 Å². The Bertz CT molecular complexity index is 578. The van der Waals surface area contributed by atoms with Crippen molar-refractivity contribution >= 4 is 16.9 Å². The summed E-state index contributed by atoms with van der Waals surface area (Å²) in [4.78, 5) is 15.5. The summed E-state index contributed by atoms with van der Waals surface area (Å²) in [6, 6.07) is 1.85. The molecule has 0 saturated carbocycles. The number of carboxylic acids is 1. The van der Waals surface area contributed by atoms with E-state index in [2.05, 4.69) is 10.3 Å². The second kappa shape index (κ2) is 4.42. The summed E-state index contributed by atoms with van der Waals surface area (Å²) >= 11 is 0. The van der Waals surface area contributed by atoms with Crippen LogP contribution in [0.3, 0.4) is 0 Å². The molecule has 5 heteroatoms. The average molecular weight is 246 g/mol. The standard InChI is InChI=1S/C13H14N2O3/c16-13(17)11-7-14-3-1-9(11)10-6-15-5-8-2-4-18-12(8)10/h2,4-6,9,11,14H,1,3,7H2,(H,16,17). The van der Waals surface area contributed by atoms with Crippen LogP contribution in [0.4, 0.5) is 0 Å². The number of piperidine rings is 1. The fraction of sp³-hybridized carbons (Fsp3) is 0.385. The molecule has 0 radical (unpaired) electrons. The molecule has 94 valence electrons. The van der Waals surface area contributed by atoms with Crippen LogP contribution in [0.15, 0.2) is 29.1 Å². The fourth-order valence-corrected chi connectivity index (χ4v) is 2.67. The molecular formula is C13H14N2O3. The Labute approximate surface area is 104 Å². The third-order valence-electron chi connectivity index (χ3n) is 3.58. The highest BCUT2D eigenvalue weighted by Crippen LogP contribution is 2.34. The molecule has 1 fully saturated rings. The van der Waals surface area contributed by atoms with Crippen molar-refractivity contribution < 1.29 is 14.3 Å². The molecule has 1 aliphatic rings. The number of rotatable bonds is 2. The molecule has 0 aliphatic carbocycles. The van der Waals surface area contributed by atoms with E-state index >= 15 is 0 Å². The Morgan fingerprint density at radius 3 is 3.22 bits per heavy atom. The molecule has 18 heavy (non-hydrogen) atoms. The quantitative estimate of drug-likeness (QED) is 0.841. The zero-order chi connectivity index (χ0) is 12.5. The first-order valence-electron chi connectivity index (χ1n) is 6.02. The lowest BCUT2D eigenvalue weighted by Crippen LogP contribution is -2.39. The van der Waals surface area contributed by atoms with Gasteiger partial charge in [0.25, 0.3) is 0 Å². The van der Waals surface area contributed by atoms with Crippen molar-refractivity contribution in [2.24, 2.45) is 5.92 Å². The Kier molecular flexibility index (Phi) is 2.76. The molecule has 0 bridgehead atoms. The number of carboxylic acid groups (broad SMARTS) is 1. The predicted octanol–water partition coefficient (Wildman–Crippen LogP) is 1.61. The van der Waals surface area contributed by atoms with E-state index in [0.29, 0.717) is 6.54 Å². The van der Waals surface area contributed by atoms with Gasteiger partial charge in [0.05, 0.1) is 12.2 Å². The van der Waals surface area contributed by atoms with Crippen molar-refractivity contribution in [2.45, 2.75) is 12.3 Å². The number of hydrogen-bond acceptors (Lipinski definition) is 4. The largest absolute Gasteiger partial charge is 0.481 e. The van der Waals surface area contributed by atoms with Crippen LogP contribution in [0.2, 0.25) is 0 Å². The van der Waals surface area contributed by atoms with E-state index in [1.807, 2.05) is 6.07 Å². The van der Waals surface area contributed by atoms with Crippen LogP contribution in [-0.2, 0) is 4.79 Å². The minimum Gasteiger partial charge on any atom is -0.481 e. The van der Waals surface area contributed by atoms with E-state index < -0.39 is 11.9 Å². The Morgan fingerprint density at radius 1 is 1.50 bits per heavy atom. The number of fused-ring (bicyclic) bond motifs is 1. The van der Waals surface area contributed by atoms with Crippen molar-refractivity contribution in [3.63, 3.8) is 0 Å². The van der Waals surface area contributed by atoms with Gasteiger partial charge < -0.3 is 14.8 Å². The second-order valence-corrected chi connectivity index (χ2v) is 4.61. The molecule has 2 atom stereocenters. The molecule has 1 saturated heterocycles. The molecular weight excluding hydrogens is 232 g/mol. The van der Waals surface area contributed by atoms with Crippen molar-refractivity contribution in [3.8, 4) is 0 Å². The van der Waals surface area contributed by atoms with Gasteiger partial charge >= 0.3 is 5.97 Å². The smallest absolute Gasteiger partial charge is 0.308 e. The summed E-state index contributed by atoms with van der Waals surface area (Å²) in [6.45, 7) is 1.32. The number of aromatic nitrogens is 1. The first-order valence-corrected chi connectivity index (χ1v) is 6.02. The molecule has 0 amide bonds. The molecule has 2 unspecified atom stereocenters. The van der Waals surface area contributed by atoms with Gasteiger partial charge in [-0.25, -0.2) is 0 Å². The number of hydrogen-bond donors (Lipinski definition) is 2. The molecule has 2 N–H and O–H groups in total. The first-order chi connectivity index (χ1) is 8.77. The lowest BCUT2D eigenvalue weighted by atomic mass is 9.81. The maximum atomic E-state index is 11.3. The van der Waals surface area contributed by atoms with Gasteiger partial charge in [0.1, 0.15) is 5.58 Å².